The van der Waals surface area contributed by atoms with Crippen molar-refractivity contribution in [2.45, 2.75) is 38.8 Å². The van der Waals surface area contributed by atoms with Crippen molar-refractivity contribution in [1.82, 2.24) is 5.06 Å². The Morgan fingerprint density at radius 3 is 2.00 bits per heavy atom. The van der Waals surface area contributed by atoms with E-state index in [0.717, 1.165) is 12.1 Å². The van der Waals surface area contributed by atoms with Crippen LogP contribution in [0.2, 0.25) is 0 Å². The molecule has 1 heterocycles. The molecule has 0 atom stereocenters. The summed E-state index contributed by atoms with van der Waals surface area (Å²) in [4.78, 5) is 0. The number of rotatable bonds is 1. The van der Waals surface area contributed by atoms with Gasteiger partial charge in [-0.2, -0.15) is 0 Å². The minimum Gasteiger partial charge on any atom is -0.714 e. The van der Waals surface area contributed by atoms with Gasteiger partial charge >= 0.3 is 5.84 Å². The first-order chi connectivity index (χ1) is 8.62. The molecule has 0 bridgehead atoms. The van der Waals surface area contributed by atoms with Crippen molar-refractivity contribution < 1.29 is 18.7 Å². The van der Waals surface area contributed by atoms with Crippen LogP contribution in [0.1, 0.15) is 33.3 Å². The Morgan fingerprint density at radius 1 is 1.16 bits per heavy atom. The number of nitrogens with zero attached hydrogens (tertiary/aromatic N) is 2. The van der Waals surface area contributed by atoms with Gasteiger partial charge in [0, 0.05) is 5.21 Å². The molecule has 1 aliphatic heterocycles. The Kier molecular flexibility index (Phi) is 2.82. The quantitative estimate of drug-likeness (QED) is 0.580. The summed E-state index contributed by atoms with van der Waals surface area (Å²) in [6, 6.07) is 3.22. The van der Waals surface area contributed by atoms with Gasteiger partial charge in [-0.05, 0) is 39.8 Å². The molecular formula is C13H15F2N2O2. The van der Waals surface area contributed by atoms with Gasteiger partial charge in [-0.3, -0.25) is 4.74 Å². The van der Waals surface area contributed by atoms with Gasteiger partial charge in [-0.1, -0.05) is 11.1 Å². The standard InChI is InChI=1S/C13H15F2N2O2/c1-12(2)13(3,4)17(19)11(16(12)18)10-8(14)6-5-7-9(10)15/h5-7H,1-4H3. The minimum absolute atomic E-state index is 0.390. The van der Waals surface area contributed by atoms with Crippen LogP contribution in [0.5, 0.6) is 0 Å². The van der Waals surface area contributed by atoms with Gasteiger partial charge in [0.25, 0.3) is 0 Å². The minimum atomic E-state index is -1.10. The first-order valence-electron chi connectivity index (χ1n) is 5.88. The molecule has 1 aliphatic rings. The Hall–Kier alpha value is -1.69. The smallest absolute Gasteiger partial charge is 0.322 e. The molecule has 0 N–H and O–H groups in total. The highest BCUT2D eigenvalue weighted by molar-refractivity contribution is 5.96. The zero-order chi connectivity index (χ0) is 14.6. The fourth-order valence-corrected chi connectivity index (χ4v) is 2.02. The highest BCUT2D eigenvalue weighted by atomic mass is 19.1. The van der Waals surface area contributed by atoms with E-state index in [0.29, 0.717) is 9.80 Å². The van der Waals surface area contributed by atoms with Gasteiger partial charge in [0.1, 0.15) is 22.7 Å². The predicted octanol–water partition coefficient (Wildman–Crippen LogP) is 2.44. The molecule has 1 radical (unpaired) electrons. The molecule has 0 aromatic heterocycles. The van der Waals surface area contributed by atoms with Crippen molar-refractivity contribution in [2.24, 2.45) is 0 Å². The maximum Gasteiger partial charge on any atom is 0.322 e. The average molecular weight is 269 g/mol. The third kappa shape index (κ3) is 1.63. The highest BCUT2D eigenvalue weighted by Crippen LogP contribution is 2.38. The highest BCUT2D eigenvalue weighted by Gasteiger charge is 2.60. The fourth-order valence-electron chi connectivity index (χ4n) is 2.02. The van der Waals surface area contributed by atoms with Gasteiger partial charge in [0.2, 0.25) is 0 Å². The van der Waals surface area contributed by atoms with Crippen LogP contribution < -0.4 is 0 Å². The monoisotopic (exact) mass is 269 g/mol. The number of halogens is 2. The maximum absolute atomic E-state index is 13.8. The lowest BCUT2D eigenvalue weighted by molar-refractivity contribution is -0.539. The van der Waals surface area contributed by atoms with Crippen molar-refractivity contribution in [2.75, 3.05) is 0 Å². The molecule has 0 amide bonds. The number of hydrogen-bond donors (Lipinski definition) is 0. The van der Waals surface area contributed by atoms with Crippen molar-refractivity contribution in [3.8, 4) is 0 Å². The lowest BCUT2D eigenvalue weighted by Gasteiger charge is -2.32. The maximum atomic E-state index is 13.8. The molecule has 0 fully saturated rings. The van der Waals surface area contributed by atoms with E-state index in [4.69, 9.17) is 0 Å². The van der Waals surface area contributed by atoms with Crippen LogP contribution in [0.25, 0.3) is 0 Å². The Morgan fingerprint density at radius 2 is 1.63 bits per heavy atom. The second-order valence-electron chi connectivity index (χ2n) is 5.63. The van der Waals surface area contributed by atoms with Crippen LogP contribution >= 0.6 is 0 Å². The topological polar surface area (TPSA) is 49.2 Å². The molecular weight excluding hydrogens is 254 g/mol. The molecule has 6 heteroatoms. The molecule has 1 aromatic carbocycles. The predicted molar refractivity (Wildman–Crippen MR) is 64.8 cm³/mol. The number of hydroxylamine groups is 3. The molecule has 0 saturated carbocycles. The van der Waals surface area contributed by atoms with E-state index >= 15 is 0 Å². The summed E-state index contributed by atoms with van der Waals surface area (Å²) in [7, 11) is 0. The Balaban J connectivity index is 2.73. The number of amidine groups is 1. The van der Waals surface area contributed by atoms with Gasteiger partial charge in [-0.25, -0.2) is 8.78 Å². The summed E-state index contributed by atoms with van der Waals surface area (Å²) in [5.41, 5.74) is -2.77. The third-order valence-electron chi connectivity index (χ3n) is 4.08. The van der Waals surface area contributed by atoms with Crippen molar-refractivity contribution in [3.63, 3.8) is 0 Å². The van der Waals surface area contributed by atoms with Gasteiger partial charge < -0.3 is 5.21 Å². The van der Waals surface area contributed by atoms with Crippen LogP contribution in [0.15, 0.2) is 18.2 Å². The van der Waals surface area contributed by atoms with E-state index in [2.05, 4.69) is 0 Å². The van der Waals surface area contributed by atoms with Crippen LogP contribution in [0, 0.1) is 16.8 Å². The van der Waals surface area contributed by atoms with Gasteiger partial charge in [0.05, 0.1) is 0 Å². The van der Waals surface area contributed by atoms with E-state index in [1.54, 1.807) is 27.7 Å². The summed E-state index contributed by atoms with van der Waals surface area (Å²) >= 11 is 0. The van der Waals surface area contributed by atoms with E-state index < -0.39 is 34.1 Å². The molecule has 19 heavy (non-hydrogen) atoms. The second kappa shape index (κ2) is 3.90. The lowest BCUT2D eigenvalue weighted by Crippen LogP contribution is -2.53. The average Bonchev–Trinajstić information content (AvgIpc) is 2.41. The first-order valence-corrected chi connectivity index (χ1v) is 5.88. The number of benzene rings is 1. The molecule has 0 aliphatic carbocycles. The molecule has 0 spiro atoms. The van der Waals surface area contributed by atoms with E-state index in [1.807, 2.05) is 0 Å². The normalized spacial score (nSPS) is 21.1. The van der Waals surface area contributed by atoms with Crippen molar-refractivity contribution >= 4 is 5.84 Å². The second-order valence-corrected chi connectivity index (χ2v) is 5.63. The SMILES string of the molecule is CC1(C)N([O])C(c2c(F)cccc2F)=[N+]([O-])C1(C)C. The first kappa shape index (κ1) is 13.7. The van der Waals surface area contributed by atoms with Crippen molar-refractivity contribution in [3.05, 3.63) is 40.6 Å². The van der Waals surface area contributed by atoms with Crippen LogP contribution in [0.4, 0.5) is 8.78 Å². The zero-order valence-corrected chi connectivity index (χ0v) is 11.2. The molecule has 2 rings (SSSR count). The molecule has 0 saturated heterocycles. The van der Waals surface area contributed by atoms with E-state index in [9.17, 15) is 19.2 Å². The summed E-state index contributed by atoms with van der Waals surface area (Å²) in [6.07, 6.45) is 0. The Bertz CT molecular complexity index is 548. The Labute approximate surface area is 110 Å². The van der Waals surface area contributed by atoms with Crippen LogP contribution in [0.3, 0.4) is 0 Å². The van der Waals surface area contributed by atoms with Crippen LogP contribution in [-0.4, -0.2) is 26.7 Å². The summed E-state index contributed by atoms with van der Waals surface area (Å²) in [5, 5.41) is 24.9. The molecule has 0 unspecified atom stereocenters. The van der Waals surface area contributed by atoms with Crippen molar-refractivity contribution in [1.29, 1.82) is 0 Å². The molecule has 4 nitrogen and oxygen atoms in total. The summed E-state index contributed by atoms with van der Waals surface area (Å²) in [6.45, 7) is 6.26. The fraction of sp³-hybridized carbons (Fsp3) is 0.462. The summed E-state index contributed by atoms with van der Waals surface area (Å²) < 4.78 is 27.9. The van der Waals surface area contributed by atoms with E-state index in [1.165, 1.54) is 6.07 Å². The third-order valence-corrected chi connectivity index (χ3v) is 4.08. The van der Waals surface area contributed by atoms with Crippen LogP contribution in [-0.2, 0) is 5.21 Å². The van der Waals surface area contributed by atoms with Gasteiger partial charge in [-0.15, -0.1) is 0 Å². The zero-order valence-electron chi connectivity index (χ0n) is 11.2. The largest absolute Gasteiger partial charge is 0.714 e. The lowest BCUT2D eigenvalue weighted by atomic mass is 9.84. The summed E-state index contributed by atoms with van der Waals surface area (Å²) in [5.74, 6) is -2.37. The van der Waals surface area contributed by atoms with E-state index in [-0.39, 0.29) is 0 Å². The molecule has 1 aromatic rings. The number of hydrogen-bond acceptors (Lipinski definition) is 2. The van der Waals surface area contributed by atoms with Gasteiger partial charge in [0.15, 0.2) is 5.54 Å². The molecule has 103 valence electrons.